The van der Waals surface area contributed by atoms with Crippen molar-refractivity contribution in [2.45, 2.75) is 6.92 Å². The minimum absolute atomic E-state index is 0.0887. The Balaban J connectivity index is 2.12. The van der Waals surface area contributed by atoms with E-state index in [2.05, 4.69) is 10.5 Å². The third-order valence-electron chi connectivity index (χ3n) is 2.99. The van der Waals surface area contributed by atoms with Gasteiger partial charge in [-0.2, -0.15) is 5.10 Å². The van der Waals surface area contributed by atoms with Crippen LogP contribution in [0.4, 0.5) is 5.69 Å². The molecule has 0 saturated heterocycles. The standard InChI is InChI=1S/C15H11Cl2N3O3/c1-9(13-7-4-11(16)8-14(13)17)18-19-15(21)10-2-5-12(6-3-10)20(22)23/h2-8H,1H3,(H,19,21). The molecular formula is C15H11Cl2N3O3. The number of nitrogens with zero attached hydrogens (tertiary/aromatic N) is 2. The molecule has 0 saturated carbocycles. The first-order chi connectivity index (χ1) is 10.9. The quantitative estimate of drug-likeness (QED) is 0.512. The molecule has 23 heavy (non-hydrogen) atoms. The predicted octanol–water partition coefficient (Wildman–Crippen LogP) is 4.06. The number of benzene rings is 2. The number of nitro benzene ring substituents is 1. The van der Waals surface area contributed by atoms with Crippen molar-refractivity contribution in [1.29, 1.82) is 0 Å². The van der Waals surface area contributed by atoms with Crippen LogP contribution in [0, 0.1) is 10.1 Å². The first kappa shape index (κ1) is 16.9. The summed E-state index contributed by atoms with van der Waals surface area (Å²) in [6, 6.07) is 10.2. The highest BCUT2D eigenvalue weighted by Crippen LogP contribution is 2.21. The molecule has 0 unspecified atom stereocenters. The average molecular weight is 352 g/mol. The third-order valence-corrected chi connectivity index (χ3v) is 3.53. The van der Waals surface area contributed by atoms with E-state index in [-0.39, 0.29) is 11.3 Å². The summed E-state index contributed by atoms with van der Waals surface area (Å²) in [6.45, 7) is 1.69. The van der Waals surface area contributed by atoms with E-state index in [0.717, 1.165) is 0 Å². The lowest BCUT2D eigenvalue weighted by Crippen LogP contribution is -2.19. The van der Waals surface area contributed by atoms with E-state index in [4.69, 9.17) is 23.2 Å². The Morgan fingerprint density at radius 1 is 1.17 bits per heavy atom. The van der Waals surface area contributed by atoms with Crippen molar-refractivity contribution in [3.05, 3.63) is 73.8 Å². The van der Waals surface area contributed by atoms with Crippen LogP contribution in [0.3, 0.4) is 0 Å². The summed E-state index contributed by atoms with van der Waals surface area (Å²) in [5.74, 6) is -0.482. The Morgan fingerprint density at radius 2 is 1.83 bits per heavy atom. The molecular weight excluding hydrogens is 341 g/mol. The van der Waals surface area contributed by atoms with Crippen molar-refractivity contribution in [2.24, 2.45) is 5.10 Å². The van der Waals surface area contributed by atoms with Crippen LogP contribution in [0.5, 0.6) is 0 Å². The van der Waals surface area contributed by atoms with Gasteiger partial charge in [0.1, 0.15) is 0 Å². The van der Waals surface area contributed by atoms with Gasteiger partial charge in [-0.05, 0) is 31.2 Å². The van der Waals surface area contributed by atoms with Crippen molar-refractivity contribution in [1.82, 2.24) is 5.43 Å². The monoisotopic (exact) mass is 351 g/mol. The first-order valence-corrected chi connectivity index (χ1v) is 7.18. The zero-order valence-corrected chi connectivity index (χ0v) is 13.4. The number of nitro groups is 1. The summed E-state index contributed by atoms with van der Waals surface area (Å²) in [5.41, 5.74) is 3.69. The van der Waals surface area contributed by atoms with Gasteiger partial charge in [-0.25, -0.2) is 5.43 Å². The van der Waals surface area contributed by atoms with E-state index in [9.17, 15) is 14.9 Å². The molecule has 0 bridgehead atoms. The summed E-state index contributed by atoms with van der Waals surface area (Å²) in [5, 5.41) is 15.5. The van der Waals surface area contributed by atoms with Crippen LogP contribution in [0.2, 0.25) is 10.0 Å². The number of hydrazone groups is 1. The molecule has 0 aromatic heterocycles. The van der Waals surface area contributed by atoms with Gasteiger partial charge >= 0.3 is 0 Å². The summed E-state index contributed by atoms with van der Waals surface area (Å²) < 4.78 is 0. The smallest absolute Gasteiger partial charge is 0.267 e. The van der Waals surface area contributed by atoms with Gasteiger partial charge in [-0.3, -0.25) is 14.9 Å². The number of non-ortho nitro benzene ring substituents is 1. The van der Waals surface area contributed by atoms with Crippen molar-refractivity contribution >= 4 is 40.5 Å². The second kappa shape index (κ2) is 7.21. The van der Waals surface area contributed by atoms with Gasteiger partial charge in [-0.1, -0.05) is 29.3 Å². The SMILES string of the molecule is CC(=NNC(=O)c1ccc([N+](=O)[O-])cc1)c1ccc(Cl)cc1Cl. The van der Waals surface area contributed by atoms with E-state index >= 15 is 0 Å². The fourth-order valence-corrected chi connectivity index (χ4v) is 2.32. The Morgan fingerprint density at radius 3 is 2.39 bits per heavy atom. The molecule has 2 rings (SSSR count). The van der Waals surface area contributed by atoms with Gasteiger partial charge < -0.3 is 0 Å². The fraction of sp³-hybridized carbons (Fsp3) is 0.0667. The van der Waals surface area contributed by atoms with E-state index in [1.807, 2.05) is 0 Å². The topological polar surface area (TPSA) is 84.6 Å². The lowest BCUT2D eigenvalue weighted by atomic mass is 10.1. The second-order valence-corrected chi connectivity index (χ2v) is 5.41. The Labute approximate surface area is 141 Å². The summed E-state index contributed by atoms with van der Waals surface area (Å²) in [7, 11) is 0. The van der Waals surface area contributed by atoms with Crippen LogP contribution in [-0.4, -0.2) is 16.5 Å². The van der Waals surface area contributed by atoms with Crippen LogP contribution in [-0.2, 0) is 0 Å². The molecule has 0 spiro atoms. The molecule has 0 aliphatic rings. The molecule has 0 aliphatic heterocycles. The van der Waals surface area contributed by atoms with Crippen LogP contribution >= 0.6 is 23.2 Å². The summed E-state index contributed by atoms with van der Waals surface area (Å²) in [6.07, 6.45) is 0. The maximum Gasteiger partial charge on any atom is 0.271 e. The number of amides is 1. The highest BCUT2D eigenvalue weighted by molar-refractivity contribution is 6.37. The predicted molar refractivity (Wildman–Crippen MR) is 89.2 cm³/mol. The fourth-order valence-electron chi connectivity index (χ4n) is 1.78. The zero-order chi connectivity index (χ0) is 17.0. The van der Waals surface area contributed by atoms with Gasteiger partial charge in [-0.15, -0.1) is 0 Å². The highest BCUT2D eigenvalue weighted by Gasteiger charge is 2.10. The lowest BCUT2D eigenvalue weighted by molar-refractivity contribution is -0.384. The van der Waals surface area contributed by atoms with Gasteiger partial charge in [0.2, 0.25) is 0 Å². The molecule has 6 nitrogen and oxygen atoms in total. The van der Waals surface area contributed by atoms with Gasteiger partial charge in [0, 0.05) is 28.3 Å². The van der Waals surface area contributed by atoms with E-state index in [1.165, 1.54) is 24.3 Å². The van der Waals surface area contributed by atoms with Crippen molar-refractivity contribution in [2.75, 3.05) is 0 Å². The lowest BCUT2D eigenvalue weighted by Gasteiger charge is -2.05. The van der Waals surface area contributed by atoms with Crippen molar-refractivity contribution in [3.63, 3.8) is 0 Å². The number of carbonyl (C=O) groups excluding carboxylic acids is 1. The second-order valence-electron chi connectivity index (χ2n) is 4.57. The van der Waals surface area contributed by atoms with Gasteiger partial charge in [0.25, 0.3) is 11.6 Å². The normalized spacial score (nSPS) is 11.2. The number of hydrogen-bond acceptors (Lipinski definition) is 4. The molecule has 8 heteroatoms. The largest absolute Gasteiger partial charge is 0.271 e. The van der Waals surface area contributed by atoms with Gasteiger partial charge in [0.15, 0.2) is 0 Å². The van der Waals surface area contributed by atoms with E-state index in [0.29, 0.717) is 21.3 Å². The molecule has 118 valence electrons. The highest BCUT2D eigenvalue weighted by atomic mass is 35.5. The van der Waals surface area contributed by atoms with Gasteiger partial charge in [0.05, 0.1) is 15.7 Å². The molecule has 0 aliphatic carbocycles. The van der Waals surface area contributed by atoms with Crippen LogP contribution in [0.1, 0.15) is 22.8 Å². The van der Waals surface area contributed by atoms with Crippen LogP contribution in [0.25, 0.3) is 0 Å². The third kappa shape index (κ3) is 4.28. The molecule has 2 aromatic rings. The van der Waals surface area contributed by atoms with Crippen LogP contribution in [0.15, 0.2) is 47.6 Å². The Hall–Kier alpha value is -2.44. The minimum Gasteiger partial charge on any atom is -0.267 e. The number of rotatable bonds is 4. The molecule has 0 fully saturated rings. The molecule has 1 N–H and O–H groups in total. The molecule has 2 aromatic carbocycles. The molecule has 1 amide bonds. The summed E-state index contributed by atoms with van der Waals surface area (Å²) in [4.78, 5) is 22.0. The maximum absolute atomic E-state index is 12.0. The molecule has 0 heterocycles. The molecule has 0 atom stereocenters. The van der Waals surface area contributed by atoms with Crippen molar-refractivity contribution in [3.8, 4) is 0 Å². The number of nitrogens with one attached hydrogen (secondary N) is 1. The summed E-state index contributed by atoms with van der Waals surface area (Å²) >= 11 is 11.9. The number of carbonyl (C=O) groups is 1. The first-order valence-electron chi connectivity index (χ1n) is 6.43. The zero-order valence-electron chi connectivity index (χ0n) is 11.9. The van der Waals surface area contributed by atoms with Crippen molar-refractivity contribution < 1.29 is 9.72 Å². The van der Waals surface area contributed by atoms with E-state index < -0.39 is 10.8 Å². The number of hydrogen-bond donors (Lipinski definition) is 1. The van der Waals surface area contributed by atoms with E-state index in [1.54, 1.807) is 25.1 Å². The maximum atomic E-state index is 12.0. The molecule has 0 radical (unpaired) electrons. The average Bonchev–Trinajstić information content (AvgIpc) is 2.52. The minimum atomic E-state index is -0.535. The number of halogens is 2. The van der Waals surface area contributed by atoms with Crippen LogP contribution < -0.4 is 5.43 Å². The Kier molecular flexibility index (Phi) is 5.31. The Bertz CT molecular complexity index is 789.